The highest BCUT2D eigenvalue weighted by atomic mass is 32.1. The number of amides is 2. The second kappa shape index (κ2) is 9.03. The van der Waals surface area contributed by atoms with E-state index >= 15 is 0 Å². The van der Waals surface area contributed by atoms with Crippen molar-refractivity contribution >= 4 is 51.3 Å². The molecule has 6 N–H and O–H groups in total. The molecule has 2 fully saturated rings. The number of aromatic amines is 1. The number of hydrogen-bond donors (Lipinski definition) is 5. The lowest BCUT2D eigenvalue weighted by atomic mass is 9.90. The maximum absolute atomic E-state index is 13.3. The minimum Gasteiger partial charge on any atom is -0.352 e. The van der Waals surface area contributed by atoms with Crippen LogP contribution in [0.25, 0.3) is 0 Å². The molecule has 5 rings (SSSR count). The molecular weight excluding hydrogens is 458 g/mol. The summed E-state index contributed by atoms with van der Waals surface area (Å²) in [7, 11) is 0. The van der Waals surface area contributed by atoms with Crippen LogP contribution in [0.3, 0.4) is 0 Å². The van der Waals surface area contributed by atoms with E-state index in [1.807, 2.05) is 17.9 Å². The number of anilines is 2. The molecule has 0 aliphatic heterocycles. The van der Waals surface area contributed by atoms with Crippen LogP contribution in [0.1, 0.15) is 58.6 Å². The molecular formula is C22H29N7O2S2. The second-order valence-corrected chi connectivity index (χ2v) is 10.7. The van der Waals surface area contributed by atoms with Crippen LogP contribution < -0.4 is 26.8 Å². The molecule has 176 valence electrons. The normalized spacial score (nSPS) is 19.5. The number of aromatic nitrogens is 2. The van der Waals surface area contributed by atoms with Crippen LogP contribution in [0.15, 0.2) is 6.07 Å². The number of hydrogen-bond acceptors (Lipinski definition) is 6. The number of nitrogens with zero attached hydrogens (tertiary/aromatic N) is 2. The van der Waals surface area contributed by atoms with Gasteiger partial charge in [0.15, 0.2) is 5.11 Å². The van der Waals surface area contributed by atoms with Gasteiger partial charge in [-0.15, -0.1) is 11.3 Å². The number of rotatable bonds is 7. The summed E-state index contributed by atoms with van der Waals surface area (Å²) in [5.74, 6) is 7.02. The molecule has 2 heterocycles. The van der Waals surface area contributed by atoms with Crippen LogP contribution in [0.5, 0.6) is 0 Å². The van der Waals surface area contributed by atoms with Gasteiger partial charge in [-0.2, -0.15) is 5.10 Å². The van der Waals surface area contributed by atoms with E-state index in [4.69, 9.17) is 18.1 Å². The molecule has 0 bridgehead atoms. The number of nitrogens with two attached hydrogens (primary N) is 1. The maximum atomic E-state index is 13.3. The van der Waals surface area contributed by atoms with Crippen molar-refractivity contribution < 1.29 is 9.59 Å². The molecule has 2 saturated carbocycles. The standard InChI is InChI=1S/C22H29N7O2S2/c1-11-8-17(28-27-11)29(22(32)26-23)14-6-7-16-15(9-14)18(20(31)24-10-12-2-3-12)21(33-16)25-19(30)13-4-5-13/h8,12-14H,2-7,9-10,23H2,1H3,(H,24,31)(H,25,30)(H,26,32)(H,27,28)/t14-/m0/s1. The van der Waals surface area contributed by atoms with Crippen molar-refractivity contribution in [2.45, 2.75) is 57.9 Å². The second-order valence-electron chi connectivity index (χ2n) is 9.24. The molecule has 0 aromatic carbocycles. The summed E-state index contributed by atoms with van der Waals surface area (Å²) in [5.41, 5.74) is 5.06. The monoisotopic (exact) mass is 487 g/mol. The van der Waals surface area contributed by atoms with Gasteiger partial charge < -0.3 is 16.1 Å². The van der Waals surface area contributed by atoms with Gasteiger partial charge in [0, 0.05) is 29.4 Å². The molecule has 9 nitrogen and oxygen atoms in total. The van der Waals surface area contributed by atoms with Gasteiger partial charge in [-0.1, -0.05) is 0 Å². The largest absolute Gasteiger partial charge is 0.352 e. The highest BCUT2D eigenvalue weighted by Gasteiger charge is 2.36. The van der Waals surface area contributed by atoms with E-state index in [-0.39, 0.29) is 23.8 Å². The number of H-pyrrole nitrogens is 1. The Hall–Kier alpha value is -2.50. The van der Waals surface area contributed by atoms with E-state index in [1.54, 1.807) is 0 Å². The number of carbonyl (C=O) groups excluding carboxylic acids is 2. The summed E-state index contributed by atoms with van der Waals surface area (Å²) >= 11 is 7.05. The zero-order valence-corrected chi connectivity index (χ0v) is 20.2. The van der Waals surface area contributed by atoms with Gasteiger partial charge >= 0.3 is 0 Å². The van der Waals surface area contributed by atoms with Crippen LogP contribution >= 0.6 is 23.6 Å². The zero-order chi connectivity index (χ0) is 23.1. The van der Waals surface area contributed by atoms with E-state index in [1.165, 1.54) is 11.3 Å². The van der Waals surface area contributed by atoms with E-state index < -0.39 is 0 Å². The summed E-state index contributed by atoms with van der Waals surface area (Å²) in [4.78, 5) is 28.9. The number of thiophene rings is 1. The van der Waals surface area contributed by atoms with Crippen molar-refractivity contribution in [3.63, 3.8) is 0 Å². The van der Waals surface area contributed by atoms with Crippen LogP contribution in [0, 0.1) is 18.8 Å². The molecule has 0 spiro atoms. The minimum absolute atomic E-state index is 0.00235. The van der Waals surface area contributed by atoms with E-state index in [0.717, 1.165) is 60.5 Å². The third-order valence-corrected chi connectivity index (χ3v) is 8.08. The van der Waals surface area contributed by atoms with Gasteiger partial charge in [-0.25, -0.2) is 5.84 Å². The molecule has 0 radical (unpaired) electrons. The number of nitrogens with one attached hydrogen (secondary N) is 4. The summed E-state index contributed by atoms with van der Waals surface area (Å²) in [6.07, 6.45) is 6.43. The fourth-order valence-electron chi connectivity index (χ4n) is 4.39. The Morgan fingerprint density at radius 3 is 2.73 bits per heavy atom. The number of aryl methyl sites for hydroxylation is 2. The fourth-order valence-corrected chi connectivity index (χ4v) is 5.89. The Labute approximate surface area is 201 Å². The lowest BCUT2D eigenvalue weighted by Gasteiger charge is -2.34. The van der Waals surface area contributed by atoms with Crippen molar-refractivity contribution in [1.82, 2.24) is 20.9 Å². The van der Waals surface area contributed by atoms with Crippen molar-refractivity contribution in [3.05, 3.63) is 27.8 Å². The first-order chi connectivity index (χ1) is 15.9. The van der Waals surface area contributed by atoms with Gasteiger partial charge in [0.05, 0.1) is 11.3 Å². The summed E-state index contributed by atoms with van der Waals surface area (Å²) in [6.45, 7) is 2.59. The Kier molecular flexibility index (Phi) is 6.11. The van der Waals surface area contributed by atoms with Gasteiger partial charge in [-0.05, 0) is 75.6 Å². The Morgan fingerprint density at radius 2 is 2.09 bits per heavy atom. The first kappa shape index (κ1) is 22.3. The summed E-state index contributed by atoms with van der Waals surface area (Å²) in [6, 6.07) is 1.93. The predicted octanol–water partition coefficient (Wildman–Crippen LogP) is 2.38. The smallest absolute Gasteiger partial charge is 0.254 e. The van der Waals surface area contributed by atoms with Crippen molar-refractivity contribution in [3.8, 4) is 0 Å². The Bertz CT molecular complexity index is 1090. The quantitative estimate of drug-likeness (QED) is 0.230. The van der Waals surface area contributed by atoms with Crippen LogP contribution in [-0.2, 0) is 17.6 Å². The van der Waals surface area contributed by atoms with E-state index in [9.17, 15) is 9.59 Å². The number of hydrazine groups is 1. The first-order valence-electron chi connectivity index (χ1n) is 11.5. The molecule has 2 aromatic rings. The number of thiocarbonyl (C=S) groups is 1. The van der Waals surface area contributed by atoms with Crippen LogP contribution in [-0.4, -0.2) is 39.7 Å². The van der Waals surface area contributed by atoms with Gasteiger partial charge in [0.2, 0.25) is 5.91 Å². The molecule has 33 heavy (non-hydrogen) atoms. The average molecular weight is 488 g/mol. The van der Waals surface area contributed by atoms with Gasteiger partial charge in [-0.3, -0.25) is 19.6 Å². The summed E-state index contributed by atoms with van der Waals surface area (Å²) < 4.78 is 0. The minimum atomic E-state index is -0.102. The van der Waals surface area contributed by atoms with Gasteiger partial charge in [0.25, 0.3) is 5.91 Å². The fraction of sp³-hybridized carbons (Fsp3) is 0.545. The third-order valence-electron chi connectivity index (χ3n) is 6.55. The Morgan fingerprint density at radius 1 is 1.30 bits per heavy atom. The molecule has 1 atom stereocenters. The Balaban J connectivity index is 1.45. The van der Waals surface area contributed by atoms with Crippen LogP contribution in [0.2, 0.25) is 0 Å². The van der Waals surface area contributed by atoms with Crippen molar-refractivity contribution in [2.75, 3.05) is 16.8 Å². The first-order valence-corrected chi connectivity index (χ1v) is 12.7. The molecule has 3 aliphatic rings. The zero-order valence-electron chi connectivity index (χ0n) is 18.6. The lowest BCUT2D eigenvalue weighted by Crippen LogP contribution is -2.50. The highest BCUT2D eigenvalue weighted by Crippen LogP contribution is 2.41. The molecule has 3 aliphatic carbocycles. The highest BCUT2D eigenvalue weighted by molar-refractivity contribution is 7.80. The maximum Gasteiger partial charge on any atom is 0.254 e. The van der Waals surface area contributed by atoms with E-state index in [2.05, 4.69) is 26.3 Å². The number of fused-ring (bicyclic) bond motifs is 1. The third kappa shape index (κ3) is 4.75. The van der Waals surface area contributed by atoms with Crippen molar-refractivity contribution in [1.29, 1.82) is 0 Å². The SMILES string of the molecule is Cc1cc(N(C(=S)NN)[C@H]2CCc3sc(NC(=O)C4CC4)c(C(=O)NCC4CC4)c3C2)[nH]n1. The van der Waals surface area contributed by atoms with Gasteiger partial charge in [0.1, 0.15) is 10.8 Å². The van der Waals surface area contributed by atoms with Crippen LogP contribution in [0.4, 0.5) is 10.8 Å². The topological polar surface area (TPSA) is 128 Å². The van der Waals surface area contributed by atoms with E-state index in [0.29, 0.717) is 34.6 Å². The molecule has 0 unspecified atom stereocenters. The summed E-state index contributed by atoms with van der Waals surface area (Å²) in [5, 5.41) is 14.5. The molecule has 11 heteroatoms. The lowest BCUT2D eigenvalue weighted by molar-refractivity contribution is -0.117. The predicted molar refractivity (Wildman–Crippen MR) is 132 cm³/mol. The molecule has 0 saturated heterocycles. The molecule has 2 aromatic heterocycles. The molecule has 2 amide bonds. The average Bonchev–Trinajstić information content (AvgIpc) is 3.73. The van der Waals surface area contributed by atoms with Crippen molar-refractivity contribution in [2.24, 2.45) is 17.7 Å². The number of carbonyl (C=O) groups is 2.